The van der Waals surface area contributed by atoms with Crippen LogP contribution in [0.4, 0.5) is 0 Å². The van der Waals surface area contributed by atoms with E-state index in [4.69, 9.17) is 0 Å². The summed E-state index contributed by atoms with van der Waals surface area (Å²) in [6.45, 7) is 18.3. The quantitative estimate of drug-likeness (QED) is 0.594. The summed E-state index contributed by atoms with van der Waals surface area (Å²) in [5.41, 5.74) is 0.657. The van der Waals surface area contributed by atoms with Crippen LogP contribution in [0.15, 0.2) is 24.4 Å². The second kappa shape index (κ2) is 7.10. The van der Waals surface area contributed by atoms with Gasteiger partial charge >= 0.3 is 0 Å². The number of ketones is 1. The van der Waals surface area contributed by atoms with E-state index >= 15 is 0 Å². The normalized spacial score (nSPS) is 14.9. The fraction of sp³-hybridized carbons (Fsp3) is 0.722. The molecule has 0 aliphatic rings. The van der Waals surface area contributed by atoms with Crippen molar-refractivity contribution in [1.82, 2.24) is 4.90 Å². The minimum atomic E-state index is -0.400. The molecule has 0 aromatic rings. The maximum atomic E-state index is 12.0. The van der Waals surface area contributed by atoms with Gasteiger partial charge in [-0.2, -0.15) is 0 Å². The molecule has 0 aliphatic carbocycles. The number of rotatable bonds is 8. The Morgan fingerprint density at radius 2 is 1.80 bits per heavy atom. The molecule has 0 heterocycles. The Labute approximate surface area is 125 Å². The largest absolute Gasteiger partial charge is 0.372 e. The van der Waals surface area contributed by atoms with E-state index in [0.29, 0.717) is 5.92 Å². The highest BCUT2D eigenvalue weighted by Crippen LogP contribution is 2.39. The average Bonchev–Trinajstić information content (AvgIpc) is 2.34. The molecule has 0 saturated carbocycles. The molecule has 0 bridgehead atoms. The minimum absolute atomic E-state index is 0.224. The lowest BCUT2D eigenvalue weighted by Gasteiger charge is -2.49. The Hall–Kier alpha value is -1.05. The van der Waals surface area contributed by atoms with Gasteiger partial charge in [0.15, 0.2) is 0 Å². The highest BCUT2D eigenvalue weighted by atomic mass is 16.1. The summed E-state index contributed by atoms with van der Waals surface area (Å²) in [5, 5.41) is 0. The Morgan fingerprint density at radius 3 is 2.15 bits per heavy atom. The van der Waals surface area contributed by atoms with Gasteiger partial charge in [0, 0.05) is 23.7 Å². The van der Waals surface area contributed by atoms with Gasteiger partial charge < -0.3 is 4.90 Å². The monoisotopic (exact) mass is 279 g/mol. The predicted octanol–water partition coefficient (Wildman–Crippen LogP) is 4.82. The molecule has 1 atom stereocenters. The number of nitrogens with zero attached hydrogens (tertiary/aromatic N) is 1. The maximum Gasteiger partial charge on any atom is 0.137 e. The average molecular weight is 279 g/mol. The molecule has 0 saturated heterocycles. The van der Waals surface area contributed by atoms with E-state index in [9.17, 15) is 4.79 Å². The molecular weight excluding hydrogens is 246 g/mol. The van der Waals surface area contributed by atoms with Gasteiger partial charge in [-0.05, 0) is 39.5 Å². The van der Waals surface area contributed by atoms with Crippen LogP contribution >= 0.6 is 0 Å². The first-order valence-electron chi connectivity index (χ1n) is 7.59. The summed E-state index contributed by atoms with van der Waals surface area (Å²) in [4.78, 5) is 14.3. The number of hydrogen-bond donors (Lipinski definition) is 0. The number of carbonyl (C=O) groups excluding carboxylic acids is 1. The molecule has 0 N–H and O–H groups in total. The molecule has 116 valence electrons. The van der Waals surface area contributed by atoms with Crippen LogP contribution in [0, 0.1) is 11.3 Å². The second-order valence-corrected chi connectivity index (χ2v) is 6.76. The Balaban J connectivity index is 5.56. The third-order valence-corrected chi connectivity index (χ3v) is 5.07. The number of Topliss-reactive ketones (excluding diaryl/α,β-unsaturated/α-hetero) is 1. The fourth-order valence-corrected chi connectivity index (χ4v) is 2.42. The summed E-state index contributed by atoms with van der Waals surface area (Å²) < 4.78 is 0. The smallest absolute Gasteiger partial charge is 0.137 e. The molecule has 0 aromatic heterocycles. The Kier molecular flexibility index (Phi) is 6.73. The van der Waals surface area contributed by atoms with E-state index in [-0.39, 0.29) is 11.3 Å². The van der Waals surface area contributed by atoms with Crippen LogP contribution < -0.4 is 0 Å². The summed E-state index contributed by atoms with van der Waals surface area (Å²) in [7, 11) is 2.10. The van der Waals surface area contributed by atoms with E-state index in [1.165, 1.54) is 5.70 Å². The Morgan fingerprint density at radius 1 is 1.30 bits per heavy atom. The van der Waals surface area contributed by atoms with Crippen molar-refractivity contribution in [3.05, 3.63) is 24.4 Å². The molecule has 0 radical (unpaired) electrons. The van der Waals surface area contributed by atoms with Crippen molar-refractivity contribution in [2.75, 3.05) is 7.05 Å². The van der Waals surface area contributed by atoms with Crippen molar-refractivity contribution >= 4 is 5.78 Å². The van der Waals surface area contributed by atoms with Gasteiger partial charge in [-0.1, -0.05) is 39.8 Å². The summed E-state index contributed by atoms with van der Waals surface area (Å²) in [6, 6.07) is 0. The van der Waals surface area contributed by atoms with E-state index in [1.54, 1.807) is 6.92 Å². The molecule has 20 heavy (non-hydrogen) atoms. The molecule has 0 aromatic carbocycles. The zero-order valence-corrected chi connectivity index (χ0v) is 14.7. The summed E-state index contributed by atoms with van der Waals surface area (Å²) in [6.07, 6.45) is 6.18. The third kappa shape index (κ3) is 3.74. The van der Waals surface area contributed by atoms with Crippen molar-refractivity contribution in [2.24, 2.45) is 11.3 Å². The number of hydrogen-bond acceptors (Lipinski definition) is 2. The van der Waals surface area contributed by atoms with Crippen LogP contribution in [-0.2, 0) is 4.79 Å². The van der Waals surface area contributed by atoms with Gasteiger partial charge in [0.2, 0.25) is 0 Å². The fourth-order valence-electron chi connectivity index (χ4n) is 2.42. The van der Waals surface area contributed by atoms with Crippen LogP contribution in [0.1, 0.15) is 61.3 Å². The van der Waals surface area contributed by atoms with Gasteiger partial charge in [0.05, 0.1) is 0 Å². The van der Waals surface area contributed by atoms with Crippen molar-refractivity contribution in [3.63, 3.8) is 0 Å². The topological polar surface area (TPSA) is 20.3 Å². The lowest BCUT2D eigenvalue weighted by atomic mass is 9.70. The SMILES string of the molecule is C=CCC(C)/C(=C/CC)N(C)C(C)(C)C(C)(C)C(C)=O. The van der Waals surface area contributed by atoms with Crippen LogP contribution in [0.3, 0.4) is 0 Å². The first-order chi connectivity index (χ1) is 9.03. The van der Waals surface area contributed by atoms with Crippen molar-refractivity contribution < 1.29 is 4.79 Å². The minimum Gasteiger partial charge on any atom is -0.372 e. The molecule has 0 aliphatic heterocycles. The second-order valence-electron chi connectivity index (χ2n) is 6.76. The molecule has 0 fully saturated rings. The zero-order chi connectivity index (χ0) is 16.1. The molecule has 0 rings (SSSR count). The predicted molar refractivity (Wildman–Crippen MR) is 88.7 cm³/mol. The first-order valence-corrected chi connectivity index (χ1v) is 7.59. The van der Waals surface area contributed by atoms with Crippen LogP contribution in [0.5, 0.6) is 0 Å². The van der Waals surface area contributed by atoms with Gasteiger partial charge in [0.1, 0.15) is 5.78 Å². The van der Waals surface area contributed by atoms with E-state index < -0.39 is 5.41 Å². The third-order valence-electron chi connectivity index (χ3n) is 5.07. The number of allylic oxidation sites excluding steroid dienone is 3. The lowest BCUT2D eigenvalue weighted by molar-refractivity contribution is -0.131. The van der Waals surface area contributed by atoms with Crippen LogP contribution in [-0.4, -0.2) is 23.3 Å². The van der Waals surface area contributed by atoms with Crippen molar-refractivity contribution in [3.8, 4) is 0 Å². The standard InChI is InChI=1S/C18H33NO/c1-10-12-14(3)16(13-11-2)19(9)18(7,8)17(5,6)15(4)20/h10,13-14H,1,11-12H2,2-9H3/b16-13-. The van der Waals surface area contributed by atoms with E-state index in [0.717, 1.165) is 12.8 Å². The molecule has 0 amide bonds. The highest BCUT2D eigenvalue weighted by molar-refractivity contribution is 5.83. The van der Waals surface area contributed by atoms with Crippen LogP contribution in [0.2, 0.25) is 0 Å². The number of carbonyl (C=O) groups is 1. The van der Waals surface area contributed by atoms with Gasteiger partial charge in [-0.25, -0.2) is 0 Å². The molecule has 2 heteroatoms. The maximum absolute atomic E-state index is 12.0. The molecular formula is C18H33NO. The zero-order valence-electron chi connectivity index (χ0n) is 14.7. The van der Waals surface area contributed by atoms with Gasteiger partial charge in [0.25, 0.3) is 0 Å². The molecule has 2 nitrogen and oxygen atoms in total. The first kappa shape index (κ1) is 18.9. The van der Waals surface area contributed by atoms with Crippen LogP contribution in [0.25, 0.3) is 0 Å². The Bertz CT molecular complexity index is 377. The van der Waals surface area contributed by atoms with Crippen molar-refractivity contribution in [2.45, 2.75) is 66.8 Å². The molecule has 1 unspecified atom stereocenters. The van der Waals surface area contributed by atoms with Crippen molar-refractivity contribution in [1.29, 1.82) is 0 Å². The van der Waals surface area contributed by atoms with E-state index in [2.05, 4.69) is 52.3 Å². The summed E-state index contributed by atoms with van der Waals surface area (Å²) >= 11 is 0. The summed E-state index contributed by atoms with van der Waals surface area (Å²) in [5.74, 6) is 0.640. The van der Waals surface area contributed by atoms with Gasteiger partial charge in [-0.3, -0.25) is 4.79 Å². The van der Waals surface area contributed by atoms with E-state index in [1.807, 2.05) is 19.9 Å². The highest BCUT2D eigenvalue weighted by Gasteiger charge is 2.44. The lowest BCUT2D eigenvalue weighted by Crippen LogP contribution is -2.55. The van der Waals surface area contributed by atoms with Gasteiger partial charge in [-0.15, -0.1) is 6.58 Å². The molecule has 0 spiro atoms.